The maximum absolute atomic E-state index is 12.3. The van der Waals surface area contributed by atoms with Crippen molar-refractivity contribution in [3.8, 4) is 11.5 Å². The fourth-order valence-electron chi connectivity index (χ4n) is 2.37. The number of hydrogen-bond acceptors (Lipinski definition) is 7. The number of amides is 1. The Labute approximate surface area is 161 Å². The molecule has 9 nitrogen and oxygen atoms in total. The Hall–Kier alpha value is -3.62. The summed E-state index contributed by atoms with van der Waals surface area (Å²) in [6.07, 6.45) is -1.09. The van der Waals surface area contributed by atoms with Crippen LogP contribution in [0.4, 0.5) is 11.4 Å². The number of nitro benzene ring substituents is 1. The first-order valence-electron chi connectivity index (χ1n) is 8.29. The molecule has 0 bridgehead atoms. The molecule has 2 aromatic rings. The van der Waals surface area contributed by atoms with Gasteiger partial charge in [-0.25, -0.2) is 0 Å². The van der Waals surface area contributed by atoms with Gasteiger partial charge in [0.25, 0.3) is 11.6 Å². The minimum Gasteiger partial charge on any atom is -0.497 e. The third kappa shape index (κ3) is 5.44. The molecule has 0 spiro atoms. The monoisotopic (exact) mass is 388 g/mol. The van der Waals surface area contributed by atoms with E-state index >= 15 is 0 Å². The van der Waals surface area contributed by atoms with Gasteiger partial charge < -0.3 is 19.5 Å². The van der Waals surface area contributed by atoms with E-state index in [-0.39, 0.29) is 23.5 Å². The Morgan fingerprint density at radius 3 is 2.54 bits per heavy atom. The molecule has 0 unspecified atom stereocenters. The fourth-order valence-corrected chi connectivity index (χ4v) is 2.37. The average Bonchev–Trinajstić information content (AvgIpc) is 2.67. The van der Waals surface area contributed by atoms with E-state index in [1.54, 1.807) is 24.3 Å². The Bertz CT molecular complexity index is 882. The van der Waals surface area contributed by atoms with Crippen LogP contribution < -0.4 is 14.8 Å². The van der Waals surface area contributed by atoms with Gasteiger partial charge in [0.05, 0.1) is 37.3 Å². The summed E-state index contributed by atoms with van der Waals surface area (Å²) in [5, 5.41) is 13.4. The zero-order valence-electron chi connectivity index (χ0n) is 15.6. The van der Waals surface area contributed by atoms with Crippen LogP contribution in [0.25, 0.3) is 0 Å². The molecule has 148 valence electrons. The van der Waals surface area contributed by atoms with E-state index < -0.39 is 22.9 Å². The second-order valence-electron chi connectivity index (χ2n) is 5.79. The molecule has 0 aromatic heterocycles. The van der Waals surface area contributed by atoms with E-state index in [0.29, 0.717) is 11.3 Å². The van der Waals surface area contributed by atoms with Crippen LogP contribution in [-0.4, -0.2) is 37.1 Å². The van der Waals surface area contributed by atoms with Crippen molar-refractivity contribution in [2.75, 3.05) is 19.5 Å². The van der Waals surface area contributed by atoms with Crippen molar-refractivity contribution in [3.05, 3.63) is 58.1 Å². The third-order valence-corrected chi connectivity index (χ3v) is 3.81. The van der Waals surface area contributed by atoms with E-state index in [4.69, 9.17) is 14.2 Å². The smallest absolute Gasteiger partial charge is 0.311 e. The van der Waals surface area contributed by atoms with Gasteiger partial charge in [0.2, 0.25) is 0 Å². The highest BCUT2D eigenvalue weighted by Crippen LogP contribution is 2.29. The van der Waals surface area contributed by atoms with Gasteiger partial charge in [-0.1, -0.05) is 12.1 Å². The number of rotatable bonds is 8. The summed E-state index contributed by atoms with van der Waals surface area (Å²) in [5.74, 6) is -0.434. The molecule has 2 rings (SSSR count). The van der Waals surface area contributed by atoms with Crippen molar-refractivity contribution in [2.45, 2.75) is 19.4 Å². The van der Waals surface area contributed by atoms with Crippen molar-refractivity contribution in [1.82, 2.24) is 0 Å². The maximum atomic E-state index is 12.3. The number of nitrogens with one attached hydrogen (secondary N) is 1. The van der Waals surface area contributed by atoms with Crippen molar-refractivity contribution in [1.29, 1.82) is 0 Å². The number of nitro groups is 1. The third-order valence-electron chi connectivity index (χ3n) is 3.81. The summed E-state index contributed by atoms with van der Waals surface area (Å²) in [7, 11) is 2.85. The lowest BCUT2D eigenvalue weighted by molar-refractivity contribution is -0.384. The molecule has 0 aliphatic rings. The SMILES string of the molecule is COc1cccc(CC(=O)O[C@@H](C)C(=O)Nc2ccc([N+](=O)[O-])cc2OC)c1. The molecule has 0 aliphatic heterocycles. The van der Waals surface area contributed by atoms with Crippen molar-refractivity contribution >= 4 is 23.3 Å². The molecule has 0 heterocycles. The minimum atomic E-state index is -1.07. The van der Waals surface area contributed by atoms with Gasteiger partial charge >= 0.3 is 5.97 Å². The fraction of sp³-hybridized carbons (Fsp3) is 0.263. The van der Waals surface area contributed by atoms with Gasteiger partial charge in [-0.15, -0.1) is 0 Å². The zero-order chi connectivity index (χ0) is 20.7. The minimum absolute atomic E-state index is 0.0182. The average molecular weight is 388 g/mol. The van der Waals surface area contributed by atoms with Crippen LogP contribution in [0.3, 0.4) is 0 Å². The predicted octanol–water partition coefficient (Wildman–Crippen LogP) is 2.72. The lowest BCUT2D eigenvalue weighted by Gasteiger charge is -2.15. The summed E-state index contributed by atoms with van der Waals surface area (Å²) in [6, 6.07) is 10.7. The number of carbonyl (C=O) groups is 2. The van der Waals surface area contributed by atoms with Crippen LogP contribution in [0.15, 0.2) is 42.5 Å². The summed E-state index contributed by atoms with van der Waals surface area (Å²) in [4.78, 5) is 34.6. The number of non-ortho nitro benzene ring substituents is 1. The van der Waals surface area contributed by atoms with Gasteiger partial charge in [0, 0.05) is 6.07 Å². The van der Waals surface area contributed by atoms with Crippen LogP contribution in [-0.2, 0) is 20.7 Å². The molecule has 0 radical (unpaired) electrons. The molecular formula is C19H20N2O7. The number of methoxy groups -OCH3 is 2. The topological polar surface area (TPSA) is 117 Å². The molecule has 0 saturated heterocycles. The quantitative estimate of drug-likeness (QED) is 0.420. The van der Waals surface area contributed by atoms with Crippen molar-refractivity contribution < 1.29 is 28.7 Å². The molecule has 0 aliphatic carbocycles. The van der Waals surface area contributed by atoms with Crippen LogP contribution in [0.5, 0.6) is 11.5 Å². The summed E-state index contributed by atoms with van der Waals surface area (Å²) in [5.41, 5.74) is 0.746. The second-order valence-corrected chi connectivity index (χ2v) is 5.79. The van der Waals surface area contributed by atoms with Crippen LogP contribution in [0, 0.1) is 10.1 Å². The number of esters is 1. The number of benzene rings is 2. The standard InChI is InChI=1S/C19H20N2O7/c1-12(28-18(22)10-13-5-4-6-15(9-13)26-2)19(23)20-16-8-7-14(21(24)25)11-17(16)27-3/h4-9,11-12H,10H2,1-3H3,(H,20,23)/t12-/m0/s1. The van der Waals surface area contributed by atoms with Gasteiger partial charge in [-0.2, -0.15) is 0 Å². The van der Waals surface area contributed by atoms with E-state index in [0.717, 1.165) is 0 Å². The Balaban J connectivity index is 1.98. The van der Waals surface area contributed by atoms with Crippen molar-refractivity contribution in [2.24, 2.45) is 0 Å². The zero-order valence-corrected chi connectivity index (χ0v) is 15.6. The number of ether oxygens (including phenoxy) is 3. The normalized spacial score (nSPS) is 11.2. The van der Waals surface area contributed by atoms with Crippen LogP contribution >= 0.6 is 0 Å². The highest BCUT2D eigenvalue weighted by molar-refractivity contribution is 5.96. The highest BCUT2D eigenvalue weighted by atomic mass is 16.6. The number of carbonyl (C=O) groups excluding carboxylic acids is 2. The van der Waals surface area contributed by atoms with Gasteiger partial charge in [0.1, 0.15) is 11.5 Å². The molecule has 28 heavy (non-hydrogen) atoms. The second kappa shape index (κ2) is 9.36. The lowest BCUT2D eigenvalue weighted by Crippen LogP contribution is -2.30. The Kier molecular flexibility index (Phi) is 6.91. The largest absolute Gasteiger partial charge is 0.497 e. The number of hydrogen-bond donors (Lipinski definition) is 1. The first-order chi connectivity index (χ1) is 13.3. The van der Waals surface area contributed by atoms with E-state index in [2.05, 4.69) is 5.32 Å². The predicted molar refractivity (Wildman–Crippen MR) is 101 cm³/mol. The first-order valence-corrected chi connectivity index (χ1v) is 8.29. The summed E-state index contributed by atoms with van der Waals surface area (Å²) < 4.78 is 15.3. The molecule has 9 heteroatoms. The molecule has 0 fully saturated rings. The highest BCUT2D eigenvalue weighted by Gasteiger charge is 2.20. The molecule has 2 aromatic carbocycles. The molecule has 1 atom stereocenters. The summed E-state index contributed by atoms with van der Waals surface area (Å²) >= 11 is 0. The van der Waals surface area contributed by atoms with Crippen LogP contribution in [0.1, 0.15) is 12.5 Å². The number of nitrogens with zero attached hydrogens (tertiary/aromatic N) is 1. The lowest BCUT2D eigenvalue weighted by atomic mass is 10.1. The Morgan fingerprint density at radius 2 is 1.89 bits per heavy atom. The molecular weight excluding hydrogens is 368 g/mol. The number of anilines is 1. The van der Waals surface area contributed by atoms with Crippen LogP contribution in [0.2, 0.25) is 0 Å². The van der Waals surface area contributed by atoms with Gasteiger partial charge in [-0.3, -0.25) is 19.7 Å². The summed E-state index contributed by atoms with van der Waals surface area (Å²) in [6.45, 7) is 1.43. The van der Waals surface area contributed by atoms with E-state index in [1.807, 2.05) is 0 Å². The van der Waals surface area contributed by atoms with E-state index in [1.165, 1.54) is 39.3 Å². The van der Waals surface area contributed by atoms with Gasteiger partial charge in [0.15, 0.2) is 6.10 Å². The Morgan fingerprint density at radius 1 is 1.14 bits per heavy atom. The first kappa shape index (κ1) is 20.7. The van der Waals surface area contributed by atoms with E-state index in [9.17, 15) is 19.7 Å². The maximum Gasteiger partial charge on any atom is 0.311 e. The molecule has 1 N–H and O–H groups in total. The molecule has 1 amide bonds. The van der Waals surface area contributed by atoms with Gasteiger partial charge in [-0.05, 0) is 30.7 Å². The molecule has 0 saturated carbocycles. The van der Waals surface area contributed by atoms with Crippen molar-refractivity contribution in [3.63, 3.8) is 0 Å².